The molecule has 2 aliphatic heterocycles. The van der Waals surface area contributed by atoms with Crippen molar-refractivity contribution in [2.24, 2.45) is 17.4 Å². The van der Waals surface area contributed by atoms with Crippen molar-refractivity contribution in [3.05, 3.63) is 0 Å². The van der Waals surface area contributed by atoms with Gasteiger partial charge in [0, 0.05) is 19.0 Å². The normalized spacial score (nSPS) is 39.9. The van der Waals surface area contributed by atoms with Crippen LogP contribution in [0.25, 0.3) is 0 Å². The van der Waals surface area contributed by atoms with Gasteiger partial charge in [-0.1, -0.05) is 18.6 Å². The first-order valence-electron chi connectivity index (χ1n) is 5.90. The van der Waals surface area contributed by atoms with Crippen molar-refractivity contribution in [3.8, 4) is 0 Å². The van der Waals surface area contributed by atoms with Crippen molar-refractivity contribution < 1.29 is 14.7 Å². The molecule has 0 radical (unpaired) electrons. The first-order valence-corrected chi connectivity index (χ1v) is 5.90. The van der Waals surface area contributed by atoms with Gasteiger partial charge in [0.1, 0.15) is 12.8 Å². The van der Waals surface area contributed by atoms with Crippen LogP contribution >= 0.6 is 0 Å². The molecule has 0 aromatic carbocycles. The number of carboxylic acids is 1. The Kier molecular flexibility index (Phi) is 2.91. The van der Waals surface area contributed by atoms with E-state index in [1.54, 1.807) is 0 Å². The Hall–Kier alpha value is -1.08. The molecule has 0 aromatic rings. The summed E-state index contributed by atoms with van der Waals surface area (Å²) in [6.07, 6.45) is 0. The molecule has 2 saturated heterocycles. The van der Waals surface area contributed by atoms with E-state index in [9.17, 15) is 14.7 Å². The minimum atomic E-state index is -1.31. The molecule has 2 unspecified atom stereocenters. The summed E-state index contributed by atoms with van der Waals surface area (Å²) in [6.45, 7) is 2.49. The molecule has 0 spiro atoms. The first-order chi connectivity index (χ1) is 7.90. The zero-order valence-corrected chi connectivity index (χ0v) is 9.93. The standard InChI is InChI=1S/C10H18BN3O3/c1-5-8(11-5)6-3-14(7(15)2-12)4-10(6,13)9(16)17/h5-6,8,11H,2-4,12-13H2,1H3,(H,16,17)/t5?,6-,8?,10+/m1/s1. The van der Waals surface area contributed by atoms with Crippen molar-refractivity contribution >= 4 is 19.2 Å². The maximum atomic E-state index is 11.5. The van der Waals surface area contributed by atoms with Gasteiger partial charge in [-0.05, 0) is 0 Å². The van der Waals surface area contributed by atoms with Gasteiger partial charge in [-0.3, -0.25) is 9.59 Å². The number of rotatable bonds is 3. The SMILES string of the molecule is CC1BC1[C@H]1CN(C(=O)CN)C[C@@]1(N)C(=O)O. The Labute approximate surface area is 101 Å². The molecule has 2 rings (SSSR count). The highest BCUT2D eigenvalue weighted by molar-refractivity contribution is 6.53. The second kappa shape index (κ2) is 3.99. The number of carbonyl (C=O) groups excluding carboxylic acids is 1. The highest BCUT2D eigenvalue weighted by Crippen LogP contribution is 2.52. The van der Waals surface area contributed by atoms with E-state index >= 15 is 0 Å². The second-order valence-corrected chi connectivity index (χ2v) is 5.31. The summed E-state index contributed by atoms with van der Waals surface area (Å²) in [5, 5.41) is 9.28. The molecule has 0 saturated carbocycles. The zero-order valence-electron chi connectivity index (χ0n) is 9.93. The van der Waals surface area contributed by atoms with Crippen LogP contribution in [0.2, 0.25) is 11.6 Å². The Bertz CT molecular complexity index is 365. The minimum Gasteiger partial charge on any atom is -0.480 e. The zero-order chi connectivity index (χ0) is 12.8. The summed E-state index contributed by atoms with van der Waals surface area (Å²) in [5.74, 6) is -0.557. The van der Waals surface area contributed by atoms with E-state index in [4.69, 9.17) is 11.5 Å². The van der Waals surface area contributed by atoms with Crippen LogP contribution < -0.4 is 11.5 Å². The van der Waals surface area contributed by atoms with Crippen molar-refractivity contribution in [2.45, 2.75) is 24.1 Å². The van der Waals surface area contributed by atoms with Crippen molar-refractivity contribution in [3.63, 3.8) is 0 Å². The van der Waals surface area contributed by atoms with Crippen LogP contribution in [0.5, 0.6) is 0 Å². The number of hydrogen-bond acceptors (Lipinski definition) is 4. The molecule has 2 aliphatic rings. The number of amides is 1. The van der Waals surface area contributed by atoms with E-state index in [1.807, 2.05) is 0 Å². The number of nitrogens with zero attached hydrogens (tertiary/aromatic N) is 1. The highest BCUT2D eigenvalue weighted by atomic mass is 16.4. The summed E-state index contributed by atoms with van der Waals surface area (Å²) < 4.78 is 0. The number of carboxylic acid groups (broad SMARTS) is 1. The number of hydrogen-bond donors (Lipinski definition) is 3. The van der Waals surface area contributed by atoms with Crippen LogP contribution in [-0.2, 0) is 9.59 Å². The molecule has 0 aliphatic carbocycles. The van der Waals surface area contributed by atoms with Gasteiger partial charge < -0.3 is 21.5 Å². The van der Waals surface area contributed by atoms with Crippen LogP contribution in [0, 0.1) is 5.92 Å². The van der Waals surface area contributed by atoms with E-state index in [2.05, 4.69) is 6.92 Å². The van der Waals surface area contributed by atoms with Gasteiger partial charge in [0.2, 0.25) is 5.91 Å². The van der Waals surface area contributed by atoms with Crippen molar-refractivity contribution in [1.29, 1.82) is 0 Å². The maximum Gasteiger partial charge on any atom is 0.325 e. The fraction of sp³-hybridized carbons (Fsp3) is 0.800. The molecule has 0 aromatic heterocycles. The van der Waals surface area contributed by atoms with Crippen LogP contribution in [0.4, 0.5) is 0 Å². The van der Waals surface area contributed by atoms with Crippen molar-refractivity contribution in [1.82, 2.24) is 4.90 Å². The van der Waals surface area contributed by atoms with Gasteiger partial charge >= 0.3 is 5.97 Å². The molecule has 0 bridgehead atoms. The third kappa shape index (κ3) is 1.93. The molecule has 7 heteroatoms. The Balaban J connectivity index is 2.18. The third-order valence-electron chi connectivity index (χ3n) is 4.15. The molecule has 1 amide bonds. The lowest BCUT2D eigenvalue weighted by molar-refractivity contribution is -0.144. The predicted octanol–water partition coefficient (Wildman–Crippen LogP) is -1.77. The molecule has 94 valence electrons. The molecule has 17 heavy (non-hydrogen) atoms. The van der Waals surface area contributed by atoms with Gasteiger partial charge in [-0.25, -0.2) is 0 Å². The Morgan fingerprint density at radius 1 is 1.59 bits per heavy atom. The van der Waals surface area contributed by atoms with Crippen LogP contribution in [0.15, 0.2) is 0 Å². The van der Waals surface area contributed by atoms with E-state index in [0.29, 0.717) is 18.2 Å². The fourth-order valence-corrected chi connectivity index (χ4v) is 2.87. The monoisotopic (exact) mass is 239 g/mol. The summed E-state index contributed by atoms with van der Waals surface area (Å²) >= 11 is 0. The molecule has 4 atom stereocenters. The van der Waals surface area contributed by atoms with E-state index in [-0.39, 0.29) is 24.9 Å². The largest absolute Gasteiger partial charge is 0.480 e. The molecule has 6 nitrogen and oxygen atoms in total. The molecule has 2 heterocycles. The number of carbonyl (C=O) groups is 2. The van der Waals surface area contributed by atoms with Crippen LogP contribution in [0.1, 0.15) is 6.92 Å². The van der Waals surface area contributed by atoms with Gasteiger partial charge in [0.05, 0.1) is 6.54 Å². The summed E-state index contributed by atoms with van der Waals surface area (Å²) in [7, 11) is 1.00. The summed E-state index contributed by atoms with van der Waals surface area (Å²) in [6, 6.07) is 0. The quantitative estimate of drug-likeness (QED) is 0.505. The lowest BCUT2D eigenvalue weighted by atomic mass is 9.79. The van der Waals surface area contributed by atoms with Crippen LogP contribution in [0.3, 0.4) is 0 Å². The van der Waals surface area contributed by atoms with E-state index in [1.165, 1.54) is 4.90 Å². The summed E-state index contributed by atoms with van der Waals surface area (Å²) in [4.78, 5) is 24.4. The number of aliphatic carboxylic acids is 1. The minimum absolute atomic E-state index is 0.0756. The predicted molar refractivity (Wildman–Crippen MR) is 64.0 cm³/mol. The Morgan fingerprint density at radius 2 is 2.18 bits per heavy atom. The van der Waals surface area contributed by atoms with Crippen LogP contribution in [-0.4, -0.2) is 54.3 Å². The van der Waals surface area contributed by atoms with Gasteiger partial charge in [0.15, 0.2) is 0 Å². The molecule has 2 fully saturated rings. The fourth-order valence-electron chi connectivity index (χ4n) is 2.87. The average molecular weight is 239 g/mol. The maximum absolute atomic E-state index is 11.5. The second-order valence-electron chi connectivity index (χ2n) is 5.31. The smallest absolute Gasteiger partial charge is 0.325 e. The lowest BCUT2D eigenvalue weighted by Crippen LogP contribution is -2.55. The molecular weight excluding hydrogens is 221 g/mol. The highest BCUT2D eigenvalue weighted by Gasteiger charge is 2.58. The molecule has 5 N–H and O–H groups in total. The Morgan fingerprint density at radius 3 is 2.59 bits per heavy atom. The van der Waals surface area contributed by atoms with E-state index < -0.39 is 11.5 Å². The summed E-state index contributed by atoms with van der Waals surface area (Å²) in [5.41, 5.74) is 9.99. The number of likely N-dealkylation sites (tertiary alicyclic amines) is 1. The van der Waals surface area contributed by atoms with E-state index in [0.717, 1.165) is 7.28 Å². The topological polar surface area (TPSA) is 110 Å². The first kappa shape index (κ1) is 12.4. The van der Waals surface area contributed by atoms with Crippen molar-refractivity contribution in [2.75, 3.05) is 19.6 Å². The average Bonchev–Trinajstić information content (AvgIpc) is 2.87. The number of nitrogens with two attached hydrogens (primary N) is 2. The van der Waals surface area contributed by atoms with Gasteiger partial charge in [0.25, 0.3) is 0 Å². The molecular formula is C10H18BN3O3. The third-order valence-corrected chi connectivity index (χ3v) is 4.15. The van der Waals surface area contributed by atoms with Gasteiger partial charge in [-0.2, -0.15) is 0 Å². The van der Waals surface area contributed by atoms with Gasteiger partial charge in [-0.15, -0.1) is 0 Å². The lowest BCUT2D eigenvalue weighted by Gasteiger charge is -2.25.